The zero-order valence-corrected chi connectivity index (χ0v) is 12.6. The van der Waals surface area contributed by atoms with Crippen molar-refractivity contribution >= 4 is 16.5 Å². The van der Waals surface area contributed by atoms with Crippen LogP contribution in [0.4, 0.5) is 5.13 Å². The van der Waals surface area contributed by atoms with E-state index in [1.54, 1.807) is 11.3 Å². The van der Waals surface area contributed by atoms with Gasteiger partial charge < -0.3 is 10.0 Å². The van der Waals surface area contributed by atoms with Gasteiger partial charge in [-0.3, -0.25) is 0 Å². The molecule has 1 aromatic heterocycles. The first-order valence-electron chi connectivity index (χ1n) is 6.90. The molecule has 0 spiro atoms. The van der Waals surface area contributed by atoms with Crippen molar-refractivity contribution in [3.8, 4) is 0 Å². The first-order chi connectivity index (χ1) is 8.52. The van der Waals surface area contributed by atoms with Crippen LogP contribution in [0.25, 0.3) is 0 Å². The van der Waals surface area contributed by atoms with Gasteiger partial charge in [0.1, 0.15) is 0 Å². The molecule has 1 aliphatic rings. The highest BCUT2D eigenvalue weighted by atomic mass is 32.1. The van der Waals surface area contributed by atoms with Gasteiger partial charge in [-0.2, -0.15) is 0 Å². The Kier molecular flexibility index (Phi) is 4.28. The van der Waals surface area contributed by atoms with Crippen LogP contribution in [0.5, 0.6) is 0 Å². The summed E-state index contributed by atoms with van der Waals surface area (Å²) in [6, 6.07) is 0.562. The molecule has 102 valence electrons. The molecule has 1 N–H and O–H groups in total. The second kappa shape index (κ2) is 5.57. The lowest BCUT2D eigenvalue weighted by Crippen LogP contribution is -2.40. The highest BCUT2D eigenvalue weighted by Crippen LogP contribution is 2.34. The van der Waals surface area contributed by atoms with Gasteiger partial charge in [-0.25, -0.2) is 4.98 Å². The number of hydrogen-bond acceptors (Lipinski definition) is 4. The molecular weight excluding hydrogens is 244 g/mol. The highest BCUT2D eigenvalue weighted by molar-refractivity contribution is 7.15. The molecule has 0 amide bonds. The monoisotopic (exact) mass is 268 g/mol. The fraction of sp³-hybridized carbons (Fsp3) is 0.786. The second-order valence-corrected chi connectivity index (χ2v) is 6.85. The van der Waals surface area contributed by atoms with Crippen molar-refractivity contribution in [3.63, 3.8) is 0 Å². The van der Waals surface area contributed by atoms with Crippen molar-refractivity contribution < 1.29 is 5.11 Å². The van der Waals surface area contributed by atoms with E-state index in [9.17, 15) is 5.11 Å². The molecule has 2 atom stereocenters. The third-order valence-corrected chi connectivity index (χ3v) is 4.88. The number of aliphatic hydroxyl groups excluding tert-OH is 1. The molecule has 18 heavy (non-hydrogen) atoms. The summed E-state index contributed by atoms with van der Waals surface area (Å²) in [5.41, 5.74) is 1.07. The predicted molar refractivity (Wildman–Crippen MR) is 77.3 cm³/mol. The number of rotatable bonds is 3. The molecule has 2 heterocycles. The van der Waals surface area contributed by atoms with E-state index in [0.717, 1.165) is 28.2 Å². The average Bonchev–Trinajstić information content (AvgIpc) is 2.73. The van der Waals surface area contributed by atoms with E-state index in [2.05, 4.69) is 32.6 Å². The first-order valence-corrected chi connectivity index (χ1v) is 7.71. The summed E-state index contributed by atoms with van der Waals surface area (Å²) in [5, 5.41) is 10.5. The van der Waals surface area contributed by atoms with E-state index >= 15 is 0 Å². The maximum atomic E-state index is 9.44. The van der Waals surface area contributed by atoms with Gasteiger partial charge in [-0.1, -0.05) is 32.1 Å². The third-order valence-electron chi connectivity index (χ3n) is 3.79. The average molecular weight is 268 g/mol. The lowest BCUT2D eigenvalue weighted by atomic mass is 9.94. The van der Waals surface area contributed by atoms with Crippen molar-refractivity contribution in [1.29, 1.82) is 0 Å². The van der Waals surface area contributed by atoms with Gasteiger partial charge in [0.15, 0.2) is 5.13 Å². The number of piperidine rings is 1. The molecule has 1 aliphatic heterocycles. The van der Waals surface area contributed by atoms with Crippen LogP contribution in [0.2, 0.25) is 0 Å². The first kappa shape index (κ1) is 13.8. The van der Waals surface area contributed by atoms with Crippen molar-refractivity contribution in [2.75, 3.05) is 11.4 Å². The van der Waals surface area contributed by atoms with E-state index < -0.39 is 0 Å². The van der Waals surface area contributed by atoms with E-state index in [4.69, 9.17) is 4.98 Å². The molecule has 0 aliphatic carbocycles. The maximum Gasteiger partial charge on any atom is 0.186 e. The van der Waals surface area contributed by atoms with Crippen LogP contribution in [0.15, 0.2) is 0 Å². The number of hydrogen-bond donors (Lipinski definition) is 1. The molecule has 2 unspecified atom stereocenters. The lowest BCUT2D eigenvalue weighted by molar-refractivity contribution is 0.283. The third kappa shape index (κ3) is 2.69. The molecule has 0 saturated carbocycles. The fourth-order valence-electron chi connectivity index (χ4n) is 2.73. The lowest BCUT2D eigenvalue weighted by Gasteiger charge is -2.36. The summed E-state index contributed by atoms with van der Waals surface area (Å²) in [6.45, 7) is 10.1. The molecule has 1 aromatic rings. The smallest absolute Gasteiger partial charge is 0.186 e. The summed E-state index contributed by atoms with van der Waals surface area (Å²) in [6.07, 6.45) is 2.49. The zero-order chi connectivity index (χ0) is 13.3. The Balaban J connectivity index is 2.23. The number of nitrogens with zero attached hydrogens (tertiary/aromatic N) is 2. The molecule has 0 bridgehead atoms. The standard InChI is InChI=1S/C14H24N2OS/c1-9(2)13-12(8-17)18-14(15-13)16-6-5-10(3)7-11(16)4/h9-11,17H,5-8H2,1-4H3. The van der Waals surface area contributed by atoms with Crippen LogP contribution in [0.3, 0.4) is 0 Å². The summed E-state index contributed by atoms with van der Waals surface area (Å²) >= 11 is 1.66. The topological polar surface area (TPSA) is 36.4 Å². The van der Waals surface area contributed by atoms with Crippen LogP contribution < -0.4 is 4.90 Å². The summed E-state index contributed by atoms with van der Waals surface area (Å²) in [7, 11) is 0. The van der Waals surface area contributed by atoms with Gasteiger partial charge in [0, 0.05) is 12.6 Å². The maximum absolute atomic E-state index is 9.44. The molecule has 0 aromatic carbocycles. The largest absolute Gasteiger partial charge is 0.391 e. The molecular formula is C14H24N2OS. The normalized spacial score (nSPS) is 24.9. The summed E-state index contributed by atoms with van der Waals surface area (Å²) < 4.78 is 0. The fourth-order valence-corrected chi connectivity index (χ4v) is 3.93. The summed E-state index contributed by atoms with van der Waals surface area (Å²) in [5.74, 6) is 1.20. The molecule has 1 fully saturated rings. The SMILES string of the molecule is CC1CCN(c2nc(C(C)C)c(CO)s2)C(C)C1. The Labute approximate surface area is 114 Å². The Morgan fingerprint density at radius 2 is 2.17 bits per heavy atom. The van der Waals surface area contributed by atoms with Crippen molar-refractivity contribution in [2.24, 2.45) is 5.92 Å². The minimum absolute atomic E-state index is 0.115. The molecule has 0 radical (unpaired) electrons. The second-order valence-electron chi connectivity index (χ2n) is 5.79. The van der Waals surface area contributed by atoms with Crippen molar-refractivity contribution in [2.45, 2.75) is 59.1 Å². The minimum Gasteiger partial charge on any atom is -0.391 e. The Hall–Kier alpha value is -0.610. The van der Waals surface area contributed by atoms with E-state index in [1.165, 1.54) is 12.8 Å². The zero-order valence-electron chi connectivity index (χ0n) is 11.8. The van der Waals surface area contributed by atoms with Crippen molar-refractivity contribution in [1.82, 2.24) is 4.98 Å². The van der Waals surface area contributed by atoms with Gasteiger partial charge >= 0.3 is 0 Å². The summed E-state index contributed by atoms with van der Waals surface area (Å²) in [4.78, 5) is 8.21. The van der Waals surface area contributed by atoms with Crippen LogP contribution in [-0.4, -0.2) is 22.7 Å². The quantitative estimate of drug-likeness (QED) is 0.913. The minimum atomic E-state index is 0.115. The van der Waals surface area contributed by atoms with Gasteiger partial charge in [-0.05, 0) is 31.6 Å². The van der Waals surface area contributed by atoms with Crippen LogP contribution in [-0.2, 0) is 6.61 Å². The van der Waals surface area contributed by atoms with E-state index in [-0.39, 0.29) is 6.61 Å². The number of aliphatic hydroxyl groups is 1. The molecule has 2 rings (SSSR count). The Bertz CT molecular complexity index is 402. The van der Waals surface area contributed by atoms with Gasteiger partial charge in [0.2, 0.25) is 0 Å². The van der Waals surface area contributed by atoms with Gasteiger partial charge in [-0.15, -0.1) is 0 Å². The van der Waals surface area contributed by atoms with Crippen molar-refractivity contribution in [3.05, 3.63) is 10.6 Å². The van der Waals surface area contributed by atoms with Crippen LogP contribution in [0, 0.1) is 5.92 Å². The molecule has 4 heteroatoms. The van der Waals surface area contributed by atoms with Crippen LogP contribution in [0.1, 0.15) is 57.0 Å². The van der Waals surface area contributed by atoms with E-state index in [1.807, 2.05) is 0 Å². The Morgan fingerprint density at radius 1 is 1.44 bits per heavy atom. The highest BCUT2D eigenvalue weighted by Gasteiger charge is 2.26. The molecule has 1 saturated heterocycles. The Morgan fingerprint density at radius 3 is 2.67 bits per heavy atom. The number of anilines is 1. The predicted octanol–water partition coefficient (Wildman–Crippen LogP) is 3.38. The molecule has 3 nitrogen and oxygen atoms in total. The number of aromatic nitrogens is 1. The van der Waals surface area contributed by atoms with Gasteiger partial charge in [0.05, 0.1) is 17.2 Å². The van der Waals surface area contributed by atoms with Gasteiger partial charge in [0.25, 0.3) is 0 Å². The number of thiazole rings is 1. The van der Waals surface area contributed by atoms with E-state index in [0.29, 0.717) is 12.0 Å². The van der Waals surface area contributed by atoms with Crippen LogP contribution >= 0.6 is 11.3 Å².